The summed E-state index contributed by atoms with van der Waals surface area (Å²) in [4.78, 5) is 35.3. The molecule has 0 aromatic rings. The van der Waals surface area contributed by atoms with Crippen LogP contribution in [-0.2, 0) is 32.7 Å². The van der Waals surface area contributed by atoms with Gasteiger partial charge in [0, 0.05) is 12.8 Å². The van der Waals surface area contributed by atoms with Crippen LogP contribution >= 0.6 is 7.82 Å². The van der Waals surface area contributed by atoms with Gasteiger partial charge in [-0.2, -0.15) is 0 Å². The molecule has 3 atom stereocenters. The van der Waals surface area contributed by atoms with E-state index in [0.717, 1.165) is 64.2 Å². The first-order chi connectivity index (χ1) is 27.4. The number of nitrogens with zero attached hydrogens (tertiary/aromatic N) is 1. The SMILES string of the molecule is CC/C=C\C/C=C\C/C=C\C/C=C\C=C\C(O)C/C=C\CCC(=O)OC(COC(=O)CCCCCCC/C=C\CCCCCC)COP(=O)(O)OCC[N+](C)(C)C. The summed E-state index contributed by atoms with van der Waals surface area (Å²) in [7, 11) is 1.35. The third-order valence-corrected chi connectivity index (χ3v) is 9.49. The molecule has 0 aliphatic heterocycles. The average Bonchev–Trinajstić information content (AvgIpc) is 3.15. The van der Waals surface area contributed by atoms with Crippen molar-refractivity contribution in [2.24, 2.45) is 0 Å². The Hall–Kier alpha value is -2.85. The molecule has 11 heteroatoms. The zero-order valence-corrected chi connectivity index (χ0v) is 37.0. The number of allylic oxidation sites excluding steroid dienone is 12. The molecule has 0 heterocycles. The molecular weight excluding hydrogens is 741 g/mol. The summed E-state index contributed by atoms with van der Waals surface area (Å²) in [6.45, 7) is 4.04. The van der Waals surface area contributed by atoms with Gasteiger partial charge in [0.15, 0.2) is 6.10 Å². The van der Waals surface area contributed by atoms with Crippen LogP contribution in [0.15, 0.2) is 85.1 Å². The number of carbonyl (C=O) groups excluding carboxylic acids is 2. The molecule has 0 fully saturated rings. The summed E-state index contributed by atoms with van der Waals surface area (Å²) in [5.74, 6) is -1.000. The number of likely N-dealkylation sites (N-methyl/N-ethyl adjacent to an activating group) is 1. The van der Waals surface area contributed by atoms with Crippen molar-refractivity contribution in [2.75, 3.05) is 47.5 Å². The van der Waals surface area contributed by atoms with Crippen LogP contribution < -0.4 is 0 Å². The van der Waals surface area contributed by atoms with E-state index in [1.165, 1.54) is 25.7 Å². The molecule has 0 aliphatic rings. The molecule has 2 N–H and O–H groups in total. The lowest BCUT2D eigenvalue weighted by Gasteiger charge is -2.24. The van der Waals surface area contributed by atoms with Gasteiger partial charge in [-0.3, -0.25) is 18.6 Å². The summed E-state index contributed by atoms with van der Waals surface area (Å²) in [5.41, 5.74) is 0. The van der Waals surface area contributed by atoms with Gasteiger partial charge in [0.2, 0.25) is 0 Å². The van der Waals surface area contributed by atoms with Gasteiger partial charge < -0.3 is 24.0 Å². The number of hydrogen-bond acceptors (Lipinski definition) is 8. The van der Waals surface area contributed by atoms with Crippen molar-refractivity contribution in [1.82, 2.24) is 0 Å². The van der Waals surface area contributed by atoms with Crippen LogP contribution in [0.2, 0.25) is 0 Å². The second-order valence-electron chi connectivity index (χ2n) is 15.2. The van der Waals surface area contributed by atoms with Crippen LogP contribution in [0.1, 0.15) is 136 Å². The molecule has 57 heavy (non-hydrogen) atoms. The fraction of sp³-hybridized carbons (Fsp3) is 0.652. The summed E-state index contributed by atoms with van der Waals surface area (Å²) in [6, 6.07) is 0. The molecule has 0 bridgehead atoms. The third-order valence-electron chi connectivity index (χ3n) is 8.50. The molecular formula is C46H79NO9P+. The first-order valence-corrected chi connectivity index (χ1v) is 22.9. The molecule has 0 rings (SSSR count). The fourth-order valence-electron chi connectivity index (χ4n) is 5.12. The zero-order valence-electron chi connectivity index (χ0n) is 36.1. The highest BCUT2D eigenvalue weighted by molar-refractivity contribution is 7.47. The second-order valence-corrected chi connectivity index (χ2v) is 16.6. The molecule has 3 unspecified atom stereocenters. The number of phosphoric acid groups is 1. The van der Waals surface area contributed by atoms with Crippen molar-refractivity contribution in [3.05, 3.63) is 85.1 Å². The minimum Gasteiger partial charge on any atom is -0.462 e. The third kappa shape index (κ3) is 41.1. The Balaban J connectivity index is 4.64. The zero-order chi connectivity index (χ0) is 42.3. The van der Waals surface area contributed by atoms with Crippen LogP contribution in [0, 0.1) is 0 Å². The van der Waals surface area contributed by atoms with Gasteiger partial charge in [-0.25, -0.2) is 4.57 Å². The highest BCUT2D eigenvalue weighted by atomic mass is 31.2. The molecule has 10 nitrogen and oxygen atoms in total. The summed E-state index contributed by atoms with van der Waals surface area (Å²) in [5, 5.41) is 10.2. The van der Waals surface area contributed by atoms with E-state index in [-0.39, 0.29) is 26.1 Å². The number of rotatable bonds is 37. The second kappa shape index (κ2) is 37.4. The fourth-order valence-corrected chi connectivity index (χ4v) is 5.86. The van der Waals surface area contributed by atoms with E-state index in [1.807, 2.05) is 39.4 Å². The Morgan fingerprint density at radius 3 is 1.89 bits per heavy atom. The number of phosphoric ester groups is 1. The lowest BCUT2D eigenvalue weighted by molar-refractivity contribution is -0.870. The number of aliphatic hydroxyl groups excluding tert-OH is 1. The predicted molar refractivity (Wildman–Crippen MR) is 235 cm³/mol. The number of carbonyl (C=O) groups is 2. The summed E-state index contributed by atoms with van der Waals surface area (Å²) in [6.07, 6.45) is 43.8. The van der Waals surface area contributed by atoms with Crippen molar-refractivity contribution < 1.29 is 47.2 Å². The molecule has 0 amide bonds. The molecule has 0 aliphatic carbocycles. The highest BCUT2D eigenvalue weighted by Gasteiger charge is 2.27. The molecule has 0 spiro atoms. The standard InChI is InChI=1S/C46H78NO9P/c1-6-8-10-12-14-16-18-20-22-24-26-28-31-35-43(48)36-32-30-34-38-46(50)56-44(42-55-57(51,52)54-40-39-47(3,4)5)41-53-45(49)37-33-29-27-25-23-21-19-17-15-13-11-9-7-2/h8,10,14,16-17,19-20,22,26,28,30-32,35,43-44,48H,6-7,9,11-13,15,18,21,23-25,27,29,33-34,36-42H2,1-5H3/p+1/b10-8-,16-14-,19-17-,22-20-,28-26-,32-30-,35-31+. The van der Waals surface area contributed by atoms with Gasteiger partial charge in [-0.05, 0) is 70.6 Å². The van der Waals surface area contributed by atoms with Gasteiger partial charge in [0.05, 0.1) is 33.9 Å². The maximum Gasteiger partial charge on any atom is 0.472 e. The Morgan fingerprint density at radius 1 is 0.649 bits per heavy atom. The number of ether oxygens (including phenoxy) is 2. The number of aliphatic hydroxyl groups is 1. The lowest BCUT2D eigenvalue weighted by Crippen LogP contribution is -2.37. The first kappa shape index (κ1) is 54.2. The lowest BCUT2D eigenvalue weighted by atomic mass is 10.1. The molecule has 326 valence electrons. The van der Waals surface area contributed by atoms with E-state index >= 15 is 0 Å². The van der Waals surface area contributed by atoms with Gasteiger partial charge in [-0.1, -0.05) is 137 Å². The van der Waals surface area contributed by atoms with Crippen LogP contribution in [0.4, 0.5) is 0 Å². The quantitative estimate of drug-likeness (QED) is 0.0157. The van der Waals surface area contributed by atoms with Crippen LogP contribution in [0.3, 0.4) is 0 Å². The van der Waals surface area contributed by atoms with Gasteiger partial charge >= 0.3 is 19.8 Å². The van der Waals surface area contributed by atoms with Crippen molar-refractivity contribution >= 4 is 19.8 Å². The van der Waals surface area contributed by atoms with Crippen molar-refractivity contribution in [1.29, 1.82) is 0 Å². The normalized spacial score (nSPS) is 15.0. The van der Waals surface area contributed by atoms with Crippen LogP contribution in [-0.4, -0.2) is 86.1 Å². The van der Waals surface area contributed by atoms with Crippen LogP contribution in [0.5, 0.6) is 0 Å². The average molecular weight is 821 g/mol. The summed E-state index contributed by atoms with van der Waals surface area (Å²) >= 11 is 0. The number of hydrogen-bond donors (Lipinski definition) is 2. The van der Waals surface area contributed by atoms with E-state index in [0.29, 0.717) is 30.3 Å². The van der Waals surface area contributed by atoms with E-state index in [9.17, 15) is 24.2 Å². The maximum atomic E-state index is 12.7. The highest BCUT2D eigenvalue weighted by Crippen LogP contribution is 2.43. The summed E-state index contributed by atoms with van der Waals surface area (Å²) < 4.78 is 34.1. The Kier molecular flexibility index (Phi) is 35.6. The molecule has 0 saturated heterocycles. The Labute approximate surface area is 346 Å². The largest absolute Gasteiger partial charge is 0.472 e. The van der Waals surface area contributed by atoms with E-state index < -0.39 is 38.6 Å². The molecule has 0 aromatic heterocycles. The smallest absolute Gasteiger partial charge is 0.462 e. The minimum absolute atomic E-state index is 0.00615. The Morgan fingerprint density at radius 2 is 1.25 bits per heavy atom. The predicted octanol–water partition coefficient (Wildman–Crippen LogP) is 11.0. The molecule has 0 saturated carbocycles. The van der Waals surface area contributed by atoms with E-state index in [1.54, 1.807) is 18.2 Å². The number of esters is 2. The van der Waals surface area contributed by atoms with Gasteiger partial charge in [0.25, 0.3) is 0 Å². The van der Waals surface area contributed by atoms with Crippen LogP contribution in [0.25, 0.3) is 0 Å². The van der Waals surface area contributed by atoms with Crippen molar-refractivity contribution in [2.45, 2.75) is 148 Å². The number of quaternary nitrogens is 1. The monoisotopic (exact) mass is 821 g/mol. The van der Waals surface area contributed by atoms with Crippen molar-refractivity contribution in [3.8, 4) is 0 Å². The van der Waals surface area contributed by atoms with E-state index in [2.05, 4.69) is 62.5 Å². The Bertz CT molecular complexity index is 1260. The molecule has 0 aromatic carbocycles. The minimum atomic E-state index is -4.43. The van der Waals surface area contributed by atoms with E-state index in [4.69, 9.17) is 18.5 Å². The van der Waals surface area contributed by atoms with Gasteiger partial charge in [-0.15, -0.1) is 0 Å². The maximum absolute atomic E-state index is 12.7. The topological polar surface area (TPSA) is 129 Å². The number of unbranched alkanes of at least 4 members (excludes halogenated alkanes) is 9. The first-order valence-electron chi connectivity index (χ1n) is 21.4. The van der Waals surface area contributed by atoms with Crippen molar-refractivity contribution in [3.63, 3.8) is 0 Å². The van der Waals surface area contributed by atoms with Gasteiger partial charge in [0.1, 0.15) is 19.8 Å². The molecule has 0 radical (unpaired) electrons.